The second-order valence-corrected chi connectivity index (χ2v) is 2.84. The molecule has 0 atom stereocenters. The topological polar surface area (TPSA) is 86.6 Å². The first-order chi connectivity index (χ1) is 7.56. The molecule has 0 heterocycles. The molecule has 82 valence electrons. The van der Waals surface area contributed by atoms with E-state index in [0.29, 0.717) is 0 Å². The number of phenols is 1. The van der Waals surface area contributed by atoms with Crippen molar-refractivity contribution in [2.75, 3.05) is 5.32 Å². The van der Waals surface area contributed by atoms with Gasteiger partial charge in [-0.15, -0.1) is 0 Å². The summed E-state index contributed by atoms with van der Waals surface area (Å²) in [7, 11) is 0. The number of carboxylic acids is 1. The summed E-state index contributed by atoms with van der Waals surface area (Å²) in [6, 6.07) is 4.04. The number of hydrogen-bond acceptors (Lipinski definition) is 3. The largest absolute Gasteiger partial charge is 0.505 e. The summed E-state index contributed by atoms with van der Waals surface area (Å²) in [4.78, 5) is 21.8. The zero-order chi connectivity index (χ0) is 12.1. The molecular weight excluding hydrogens is 210 g/mol. The number of carboxylic acid groups (broad SMARTS) is 1. The van der Waals surface area contributed by atoms with E-state index in [1.807, 2.05) is 0 Å². The van der Waals surface area contributed by atoms with Crippen molar-refractivity contribution in [2.24, 2.45) is 0 Å². The fraction of sp³-hybridized carbons (Fsp3) is 0.0909. The highest BCUT2D eigenvalue weighted by molar-refractivity contribution is 6.05. The molecule has 16 heavy (non-hydrogen) atoms. The number of nitrogens with one attached hydrogen (secondary N) is 1. The van der Waals surface area contributed by atoms with Gasteiger partial charge in [0.2, 0.25) is 0 Å². The Balaban J connectivity index is 3.05. The molecule has 0 aliphatic heterocycles. The molecule has 0 aliphatic carbocycles. The minimum atomic E-state index is -1.27. The Kier molecular flexibility index (Phi) is 3.51. The van der Waals surface area contributed by atoms with Crippen molar-refractivity contribution in [3.05, 3.63) is 23.8 Å². The third-order valence-corrected chi connectivity index (χ3v) is 1.75. The molecule has 0 radical (unpaired) electrons. The van der Waals surface area contributed by atoms with Gasteiger partial charge in [-0.05, 0) is 25.0 Å². The van der Waals surface area contributed by atoms with E-state index in [1.54, 1.807) is 0 Å². The summed E-state index contributed by atoms with van der Waals surface area (Å²) < 4.78 is 0. The van der Waals surface area contributed by atoms with Crippen molar-refractivity contribution in [3.8, 4) is 17.6 Å². The van der Waals surface area contributed by atoms with Crippen LogP contribution in [0.15, 0.2) is 18.2 Å². The first-order valence-electron chi connectivity index (χ1n) is 4.35. The average Bonchev–Trinajstić information content (AvgIpc) is 2.21. The second kappa shape index (κ2) is 4.84. The Morgan fingerprint density at radius 2 is 2.06 bits per heavy atom. The molecule has 5 nitrogen and oxygen atoms in total. The van der Waals surface area contributed by atoms with Gasteiger partial charge in [0.05, 0.1) is 5.69 Å². The predicted octanol–water partition coefficient (Wildman–Crippen LogP) is 1.05. The van der Waals surface area contributed by atoms with Crippen LogP contribution in [0.5, 0.6) is 5.75 Å². The zero-order valence-corrected chi connectivity index (χ0v) is 8.44. The maximum absolute atomic E-state index is 11.1. The summed E-state index contributed by atoms with van der Waals surface area (Å²) in [6.45, 7) is 1.49. The predicted molar refractivity (Wildman–Crippen MR) is 57.1 cm³/mol. The van der Waals surface area contributed by atoms with Gasteiger partial charge in [0.25, 0.3) is 5.91 Å². The van der Waals surface area contributed by atoms with Crippen molar-refractivity contribution in [1.29, 1.82) is 0 Å². The number of rotatable bonds is 2. The molecule has 0 spiro atoms. The van der Waals surface area contributed by atoms with Crippen LogP contribution < -0.4 is 5.32 Å². The summed E-state index contributed by atoms with van der Waals surface area (Å²) in [5, 5.41) is 20.5. The average molecular weight is 219 g/mol. The molecule has 5 heteroatoms. The van der Waals surface area contributed by atoms with Crippen molar-refractivity contribution >= 4 is 17.6 Å². The van der Waals surface area contributed by atoms with Gasteiger partial charge in [0, 0.05) is 0 Å². The number of aromatic carboxylic acids is 1. The maximum atomic E-state index is 11.1. The summed E-state index contributed by atoms with van der Waals surface area (Å²) in [6.07, 6.45) is 0. The van der Waals surface area contributed by atoms with Crippen LogP contribution in [0.4, 0.5) is 5.69 Å². The standard InChI is InChI=1S/C11H9NO4/c1-2-4-9(13)12-8-6-3-5-7(10(8)14)11(15)16/h3,5-6,14H,1H3,(H,12,13)(H,15,16). The van der Waals surface area contributed by atoms with E-state index in [1.165, 1.54) is 25.1 Å². The lowest BCUT2D eigenvalue weighted by Gasteiger charge is -2.06. The van der Waals surface area contributed by atoms with E-state index in [0.717, 1.165) is 0 Å². The van der Waals surface area contributed by atoms with Gasteiger partial charge in [-0.25, -0.2) is 4.79 Å². The summed E-state index contributed by atoms with van der Waals surface area (Å²) >= 11 is 0. The van der Waals surface area contributed by atoms with Gasteiger partial charge >= 0.3 is 5.97 Å². The Morgan fingerprint density at radius 1 is 1.38 bits per heavy atom. The number of para-hydroxylation sites is 1. The van der Waals surface area contributed by atoms with Crippen molar-refractivity contribution < 1.29 is 19.8 Å². The van der Waals surface area contributed by atoms with E-state index in [-0.39, 0.29) is 11.3 Å². The van der Waals surface area contributed by atoms with E-state index in [9.17, 15) is 14.7 Å². The molecule has 0 unspecified atom stereocenters. The molecule has 0 aliphatic rings. The van der Waals surface area contributed by atoms with Crippen molar-refractivity contribution in [2.45, 2.75) is 6.92 Å². The fourth-order valence-electron chi connectivity index (χ4n) is 1.08. The smallest absolute Gasteiger partial charge is 0.339 e. The Bertz CT molecular complexity index is 496. The molecule has 0 saturated heterocycles. The molecule has 0 aromatic heterocycles. The minimum Gasteiger partial charge on any atom is -0.505 e. The van der Waals surface area contributed by atoms with Crippen molar-refractivity contribution in [3.63, 3.8) is 0 Å². The molecule has 1 aromatic carbocycles. The highest BCUT2D eigenvalue weighted by Gasteiger charge is 2.13. The van der Waals surface area contributed by atoms with Crippen LogP contribution in [0.3, 0.4) is 0 Å². The quantitative estimate of drug-likeness (QED) is 0.512. The van der Waals surface area contributed by atoms with Gasteiger partial charge in [0.1, 0.15) is 5.56 Å². The van der Waals surface area contributed by atoms with Crippen molar-refractivity contribution in [1.82, 2.24) is 0 Å². The molecule has 1 amide bonds. The molecule has 3 N–H and O–H groups in total. The van der Waals surface area contributed by atoms with E-state index in [2.05, 4.69) is 17.2 Å². The fourth-order valence-corrected chi connectivity index (χ4v) is 1.08. The highest BCUT2D eigenvalue weighted by atomic mass is 16.4. The number of anilines is 1. The maximum Gasteiger partial charge on any atom is 0.339 e. The lowest BCUT2D eigenvalue weighted by atomic mass is 10.1. The number of carbonyl (C=O) groups is 2. The van der Waals surface area contributed by atoms with E-state index in [4.69, 9.17) is 5.11 Å². The molecule has 0 fully saturated rings. The van der Waals surface area contributed by atoms with Crippen LogP contribution >= 0.6 is 0 Å². The lowest BCUT2D eigenvalue weighted by molar-refractivity contribution is -0.111. The van der Waals surface area contributed by atoms with Gasteiger partial charge in [-0.2, -0.15) is 0 Å². The summed E-state index contributed by atoms with van der Waals surface area (Å²) in [5.41, 5.74) is -0.255. The number of hydrogen-bond donors (Lipinski definition) is 3. The molecule has 0 saturated carbocycles. The molecule has 0 bridgehead atoms. The third-order valence-electron chi connectivity index (χ3n) is 1.75. The van der Waals surface area contributed by atoms with E-state index < -0.39 is 17.6 Å². The van der Waals surface area contributed by atoms with Crippen LogP contribution in [0.1, 0.15) is 17.3 Å². The van der Waals surface area contributed by atoms with Gasteiger partial charge < -0.3 is 15.5 Å². The first kappa shape index (κ1) is 11.6. The van der Waals surface area contributed by atoms with Crippen LogP contribution in [0, 0.1) is 11.8 Å². The van der Waals surface area contributed by atoms with Gasteiger partial charge in [-0.1, -0.05) is 12.0 Å². The van der Waals surface area contributed by atoms with Crippen LogP contribution in [-0.4, -0.2) is 22.1 Å². The number of amides is 1. The zero-order valence-electron chi connectivity index (χ0n) is 8.44. The Morgan fingerprint density at radius 3 is 2.62 bits per heavy atom. The molecular formula is C11H9NO4. The van der Waals surface area contributed by atoms with Gasteiger partial charge in [0.15, 0.2) is 5.75 Å². The number of benzene rings is 1. The lowest BCUT2D eigenvalue weighted by Crippen LogP contribution is -2.09. The second-order valence-electron chi connectivity index (χ2n) is 2.84. The first-order valence-corrected chi connectivity index (χ1v) is 4.35. The monoisotopic (exact) mass is 219 g/mol. The summed E-state index contributed by atoms with van der Waals surface area (Å²) in [5.74, 6) is 2.23. The SMILES string of the molecule is CC#CC(=O)Nc1cccc(C(=O)O)c1O. The number of carbonyl (C=O) groups excluding carboxylic acids is 1. The van der Waals surface area contributed by atoms with Crippen LogP contribution in [-0.2, 0) is 4.79 Å². The molecule has 1 aromatic rings. The Labute approximate surface area is 91.7 Å². The highest BCUT2D eigenvalue weighted by Crippen LogP contribution is 2.27. The minimum absolute atomic E-state index is 0.0210. The van der Waals surface area contributed by atoms with Crippen LogP contribution in [0.25, 0.3) is 0 Å². The van der Waals surface area contributed by atoms with Gasteiger partial charge in [-0.3, -0.25) is 4.79 Å². The van der Waals surface area contributed by atoms with E-state index >= 15 is 0 Å². The van der Waals surface area contributed by atoms with Crippen LogP contribution in [0.2, 0.25) is 0 Å². The Hall–Kier alpha value is -2.48. The normalized spacial score (nSPS) is 8.81. The third kappa shape index (κ3) is 2.51. The molecule has 1 rings (SSSR count). The number of aromatic hydroxyl groups is 1.